The highest BCUT2D eigenvalue weighted by Crippen LogP contribution is 2.29. The fraction of sp³-hybridized carbons (Fsp3) is 0.300. The van der Waals surface area contributed by atoms with E-state index in [2.05, 4.69) is 15.1 Å². The first-order valence-corrected chi connectivity index (χ1v) is 8.77. The molecule has 1 aromatic carbocycles. The molecule has 9 heteroatoms. The SMILES string of the molecule is CC(C)(F)CN(Cc1noc(-c2ccccn2)n1)c1ccc(C#N)c(C(F)F)c1. The maximum atomic E-state index is 14.4. The maximum Gasteiger partial charge on any atom is 0.276 e. The third-order valence-corrected chi connectivity index (χ3v) is 4.01. The van der Waals surface area contributed by atoms with Gasteiger partial charge >= 0.3 is 0 Å². The van der Waals surface area contributed by atoms with E-state index in [-0.39, 0.29) is 30.4 Å². The minimum atomic E-state index is -2.83. The number of benzene rings is 1. The van der Waals surface area contributed by atoms with Crippen molar-refractivity contribution < 1.29 is 17.7 Å². The van der Waals surface area contributed by atoms with E-state index in [0.29, 0.717) is 11.4 Å². The maximum absolute atomic E-state index is 14.4. The van der Waals surface area contributed by atoms with Gasteiger partial charge in [0, 0.05) is 17.4 Å². The monoisotopic (exact) mass is 401 g/mol. The number of anilines is 1. The summed E-state index contributed by atoms with van der Waals surface area (Å²) in [5.41, 5.74) is -1.34. The molecule has 2 aromatic heterocycles. The highest BCUT2D eigenvalue weighted by molar-refractivity contribution is 5.55. The third kappa shape index (κ3) is 5.10. The molecule has 0 atom stereocenters. The van der Waals surface area contributed by atoms with Crippen molar-refractivity contribution in [3.63, 3.8) is 0 Å². The zero-order valence-corrected chi connectivity index (χ0v) is 15.8. The van der Waals surface area contributed by atoms with Crippen LogP contribution in [0, 0.1) is 11.3 Å². The van der Waals surface area contributed by atoms with Gasteiger partial charge in [-0.1, -0.05) is 11.2 Å². The largest absolute Gasteiger partial charge is 0.361 e. The Balaban J connectivity index is 1.92. The molecule has 0 unspecified atom stereocenters. The molecular weight excluding hydrogens is 383 g/mol. The van der Waals surface area contributed by atoms with Crippen molar-refractivity contribution in [2.45, 2.75) is 32.5 Å². The van der Waals surface area contributed by atoms with Crippen molar-refractivity contribution in [2.24, 2.45) is 0 Å². The van der Waals surface area contributed by atoms with E-state index in [0.717, 1.165) is 0 Å². The van der Waals surface area contributed by atoms with Gasteiger partial charge in [0.25, 0.3) is 12.3 Å². The molecule has 2 heterocycles. The Hall–Kier alpha value is -3.41. The Morgan fingerprint density at radius 1 is 1.24 bits per heavy atom. The van der Waals surface area contributed by atoms with E-state index >= 15 is 0 Å². The average Bonchev–Trinajstić information content (AvgIpc) is 3.15. The summed E-state index contributed by atoms with van der Waals surface area (Å²) in [6.07, 6.45) is -1.24. The number of rotatable bonds is 7. The van der Waals surface area contributed by atoms with Crippen LogP contribution in [0.3, 0.4) is 0 Å². The smallest absolute Gasteiger partial charge is 0.276 e. The summed E-state index contributed by atoms with van der Waals surface area (Å²) in [5, 5.41) is 12.9. The molecule has 3 aromatic rings. The number of hydrogen-bond donors (Lipinski definition) is 0. The van der Waals surface area contributed by atoms with Crippen LogP contribution in [0.1, 0.15) is 37.2 Å². The summed E-state index contributed by atoms with van der Waals surface area (Å²) >= 11 is 0. The number of pyridine rings is 1. The van der Waals surface area contributed by atoms with Crippen molar-refractivity contribution in [1.82, 2.24) is 15.1 Å². The van der Waals surface area contributed by atoms with Crippen molar-refractivity contribution in [1.29, 1.82) is 5.26 Å². The molecule has 0 bridgehead atoms. The fourth-order valence-electron chi connectivity index (χ4n) is 2.80. The van der Waals surface area contributed by atoms with Gasteiger partial charge in [-0.25, -0.2) is 13.2 Å². The molecule has 3 rings (SSSR count). The lowest BCUT2D eigenvalue weighted by Crippen LogP contribution is -2.35. The van der Waals surface area contributed by atoms with Crippen molar-refractivity contribution >= 4 is 5.69 Å². The summed E-state index contributed by atoms with van der Waals surface area (Å²) in [5.74, 6) is 0.450. The summed E-state index contributed by atoms with van der Waals surface area (Å²) < 4.78 is 46.2. The number of halogens is 3. The molecule has 0 saturated heterocycles. The predicted molar refractivity (Wildman–Crippen MR) is 99.9 cm³/mol. The van der Waals surface area contributed by atoms with E-state index in [9.17, 15) is 13.2 Å². The lowest BCUT2D eigenvalue weighted by molar-refractivity contribution is 0.151. The van der Waals surface area contributed by atoms with Gasteiger partial charge in [0.05, 0.1) is 24.7 Å². The van der Waals surface area contributed by atoms with Gasteiger partial charge in [-0.15, -0.1) is 0 Å². The lowest BCUT2D eigenvalue weighted by Gasteiger charge is -2.29. The minimum Gasteiger partial charge on any atom is -0.361 e. The standard InChI is InChI=1S/C20H18F3N5O/c1-20(2,23)12-28(14-7-6-13(10-24)15(9-14)18(21)22)11-17-26-19(29-27-17)16-5-3-4-8-25-16/h3-9,18H,11-12H2,1-2H3. The Bertz CT molecular complexity index is 1010. The Kier molecular flexibility index (Phi) is 5.82. The molecule has 0 amide bonds. The highest BCUT2D eigenvalue weighted by atomic mass is 19.3. The van der Waals surface area contributed by atoms with E-state index in [1.54, 1.807) is 30.5 Å². The van der Waals surface area contributed by atoms with E-state index in [4.69, 9.17) is 9.78 Å². The first kappa shape index (κ1) is 20.3. The average molecular weight is 401 g/mol. The molecule has 0 aliphatic heterocycles. The molecule has 0 radical (unpaired) electrons. The van der Waals surface area contributed by atoms with Gasteiger partial charge in [0.2, 0.25) is 0 Å². The van der Waals surface area contributed by atoms with Crippen LogP contribution in [-0.4, -0.2) is 27.3 Å². The second-order valence-corrected chi connectivity index (χ2v) is 6.99. The summed E-state index contributed by atoms with van der Waals surface area (Å²) in [6.45, 7) is 2.69. The lowest BCUT2D eigenvalue weighted by atomic mass is 10.1. The topological polar surface area (TPSA) is 78.8 Å². The molecule has 0 spiro atoms. The third-order valence-electron chi connectivity index (χ3n) is 4.01. The van der Waals surface area contributed by atoms with E-state index in [1.165, 1.54) is 36.9 Å². The first-order valence-electron chi connectivity index (χ1n) is 8.77. The fourth-order valence-corrected chi connectivity index (χ4v) is 2.80. The minimum absolute atomic E-state index is 0.0261. The van der Waals surface area contributed by atoms with Gasteiger partial charge in [0.1, 0.15) is 11.4 Å². The number of alkyl halides is 3. The Morgan fingerprint density at radius 3 is 2.66 bits per heavy atom. The van der Waals surface area contributed by atoms with Gasteiger partial charge < -0.3 is 9.42 Å². The molecular formula is C20H18F3N5O. The van der Waals surface area contributed by atoms with Crippen molar-refractivity contribution in [3.05, 3.63) is 59.5 Å². The summed E-state index contributed by atoms with van der Waals surface area (Å²) in [6, 6.07) is 10.9. The highest BCUT2D eigenvalue weighted by Gasteiger charge is 2.24. The zero-order chi connectivity index (χ0) is 21.0. The Labute approximate surface area is 165 Å². The van der Waals surface area contributed by atoms with Crippen molar-refractivity contribution in [2.75, 3.05) is 11.4 Å². The van der Waals surface area contributed by atoms with Crippen LogP contribution < -0.4 is 4.90 Å². The van der Waals surface area contributed by atoms with E-state index < -0.39 is 17.7 Å². The van der Waals surface area contributed by atoms with E-state index in [1.807, 2.05) is 0 Å². The second-order valence-electron chi connectivity index (χ2n) is 6.99. The van der Waals surface area contributed by atoms with Crippen LogP contribution >= 0.6 is 0 Å². The van der Waals surface area contributed by atoms with Crippen LogP contribution in [0.15, 0.2) is 47.1 Å². The molecule has 150 valence electrons. The van der Waals surface area contributed by atoms with Crippen LogP contribution in [0.4, 0.5) is 18.9 Å². The molecule has 0 aliphatic carbocycles. The van der Waals surface area contributed by atoms with Crippen LogP contribution in [-0.2, 0) is 6.54 Å². The Morgan fingerprint density at radius 2 is 2.03 bits per heavy atom. The predicted octanol–water partition coefficient (Wildman–Crippen LogP) is 4.70. The van der Waals surface area contributed by atoms with Gasteiger partial charge in [-0.2, -0.15) is 10.2 Å². The zero-order valence-electron chi connectivity index (χ0n) is 15.8. The first-order chi connectivity index (χ1) is 13.8. The summed E-state index contributed by atoms with van der Waals surface area (Å²) in [7, 11) is 0. The van der Waals surface area contributed by atoms with Crippen LogP contribution in [0.25, 0.3) is 11.6 Å². The van der Waals surface area contributed by atoms with Gasteiger partial charge in [-0.3, -0.25) is 4.98 Å². The molecule has 6 nitrogen and oxygen atoms in total. The van der Waals surface area contributed by atoms with Gasteiger partial charge in [-0.05, 0) is 44.2 Å². The van der Waals surface area contributed by atoms with Gasteiger partial charge in [0.15, 0.2) is 5.82 Å². The number of nitriles is 1. The second kappa shape index (κ2) is 8.31. The number of aromatic nitrogens is 3. The summed E-state index contributed by atoms with van der Waals surface area (Å²) in [4.78, 5) is 9.92. The molecule has 0 fully saturated rings. The van der Waals surface area contributed by atoms with Crippen LogP contribution in [0.2, 0.25) is 0 Å². The molecule has 0 N–H and O–H groups in total. The van der Waals surface area contributed by atoms with Crippen molar-refractivity contribution in [3.8, 4) is 17.7 Å². The normalized spacial score (nSPS) is 11.5. The quantitative estimate of drug-likeness (QED) is 0.571. The molecule has 0 aliphatic rings. The van der Waals surface area contributed by atoms with Crippen LogP contribution in [0.5, 0.6) is 0 Å². The number of hydrogen-bond acceptors (Lipinski definition) is 6. The number of nitrogens with zero attached hydrogens (tertiary/aromatic N) is 5. The molecule has 29 heavy (non-hydrogen) atoms. The molecule has 0 saturated carbocycles.